The fraction of sp³-hybridized carbons (Fsp3) is 0.833. The number of halogens is 1. The zero-order valence-corrected chi connectivity index (χ0v) is 12.2. The van der Waals surface area contributed by atoms with Gasteiger partial charge in [-0.1, -0.05) is 13.8 Å². The fourth-order valence-corrected chi connectivity index (χ4v) is 2.18. The second kappa shape index (κ2) is 8.32. The van der Waals surface area contributed by atoms with Gasteiger partial charge in [0.15, 0.2) is 0 Å². The zero-order chi connectivity index (χ0) is 12.8. The number of likely N-dealkylation sites (tertiary alicyclic amines) is 1. The Hall–Kier alpha value is -0.810. The number of hydrogen-bond acceptors (Lipinski definition) is 3. The molecule has 0 spiro atoms. The van der Waals surface area contributed by atoms with Crippen LogP contribution in [0.5, 0.6) is 0 Å². The topological polar surface area (TPSA) is 61.4 Å². The first-order valence-corrected chi connectivity index (χ1v) is 6.29. The number of carbonyl (C=O) groups is 2. The molecule has 1 unspecified atom stereocenters. The molecule has 0 saturated carbocycles. The van der Waals surface area contributed by atoms with E-state index < -0.39 is 0 Å². The molecular weight excluding hydrogens is 254 g/mol. The normalized spacial score (nSPS) is 16.7. The Morgan fingerprint density at radius 3 is 2.50 bits per heavy atom. The van der Waals surface area contributed by atoms with Crippen molar-refractivity contribution >= 4 is 24.2 Å². The van der Waals surface area contributed by atoms with Crippen molar-refractivity contribution in [1.29, 1.82) is 0 Å². The Bertz CT molecular complexity index is 284. The molecule has 0 bridgehead atoms. The van der Waals surface area contributed by atoms with E-state index in [1.165, 1.54) is 0 Å². The molecule has 1 fully saturated rings. The number of hydrogen-bond donors (Lipinski definition) is 2. The van der Waals surface area contributed by atoms with Crippen LogP contribution in [0, 0.1) is 5.92 Å². The first kappa shape index (κ1) is 17.2. The van der Waals surface area contributed by atoms with Crippen molar-refractivity contribution in [3.63, 3.8) is 0 Å². The highest BCUT2D eigenvalue weighted by atomic mass is 35.5. The van der Waals surface area contributed by atoms with Crippen molar-refractivity contribution in [1.82, 2.24) is 15.5 Å². The molecular formula is C12H24ClN3O2. The van der Waals surface area contributed by atoms with E-state index in [1.54, 1.807) is 4.90 Å². The summed E-state index contributed by atoms with van der Waals surface area (Å²) in [6.07, 6.45) is 1.44. The Morgan fingerprint density at radius 1 is 1.39 bits per heavy atom. The summed E-state index contributed by atoms with van der Waals surface area (Å²) in [7, 11) is 1.84. The molecule has 1 atom stereocenters. The van der Waals surface area contributed by atoms with Gasteiger partial charge in [-0.05, 0) is 19.4 Å². The molecule has 1 rings (SSSR count). The van der Waals surface area contributed by atoms with E-state index in [0.29, 0.717) is 19.5 Å². The molecule has 0 aromatic heterocycles. The first-order chi connectivity index (χ1) is 8.07. The van der Waals surface area contributed by atoms with Crippen LogP contribution in [0.15, 0.2) is 0 Å². The van der Waals surface area contributed by atoms with Gasteiger partial charge in [0.05, 0.1) is 0 Å². The maximum absolute atomic E-state index is 12.1. The monoisotopic (exact) mass is 277 g/mol. The number of nitrogens with zero attached hydrogens (tertiary/aromatic N) is 1. The highest BCUT2D eigenvalue weighted by Crippen LogP contribution is 2.19. The minimum Gasteiger partial charge on any atom is -0.353 e. The van der Waals surface area contributed by atoms with E-state index in [0.717, 1.165) is 13.0 Å². The highest BCUT2D eigenvalue weighted by Gasteiger charge is 2.34. The second-order valence-electron chi connectivity index (χ2n) is 4.77. The highest BCUT2D eigenvalue weighted by molar-refractivity contribution is 5.88. The zero-order valence-electron chi connectivity index (χ0n) is 11.4. The average molecular weight is 278 g/mol. The van der Waals surface area contributed by atoms with Crippen molar-refractivity contribution in [3.05, 3.63) is 0 Å². The van der Waals surface area contributed by atoms with Crippen LogP contribution in [-0.4, -0.2) is 49.4 Å². The predicted octanol–water partition coefficient (Wildman–Crippen LogP) is 0.391. The van der Waals surface area contributed by atoms with Crippen molar-refractivity contribution in [2.45, 2.75) is 32.7 Å². The van der Waals surface area contributed by atoms with Gasteiger partial charge in [0.25, 0.3) is 0 Å². The third kappa shape index (κ3) is 4.46. The third-order valence-electron chi connectivity index (χ3n) is 3.02. The third-order valence-corrected chi connectivity index (χ3v) is 3.02. The molecule has 18 heavy (non-hydrogen) atoms. The number of amides is 2. The van der Waals surface area contributed by atoms with E-state index >= 15 is 0 Å². The van der Waals surface area contributed by atoms with Gasteiger partial charge in [-0.3, -0.25) is 9.59 Å². The van der Waals surface area contributed by atoms with Crippen molar-refractivity contribution < 1.29 is 9.59 Å². The Labute approximate surface area is 115 Å². The molecule has 106 valence electrons. The lowest BCUT2D eigenvalue weighted by atomic mass is 10.0. The van der Waals surface area contributed by atoms with E-state index in [9.17, 15) is 9.59 Å². The van der Waals surface area contributed by atoms with Crippen LogP contribution in [0.2, 0.25) is 0 Å². The molecule has 1 saturated heterocycles. The van der Waals surface area contributed by atoms with E-state index in [1.807, 2.05) is 20.9 Å². The van der Waals surface area contributed by atoms with E-state index in [2.05, 4.69) is 10.6 Å². The van der Waals surface area contributed by atoms with E-state index in [-0.39, 0.29) is 36.2 Å². The van der Waals surface area contributed by atoms with Crippen LogP contribution >= 0.6 is 12.4 Å². The largest absolute Gasteiger partial charge is 0.353 e. The van der Waals surface area contributed by atoms with Gasteiger partial charge >= 0.3 is 0 Å². The Kier molecular flexibility index (Phi) is 7.95. The smallest absolute Gasteiger partial charge is 0.243 e. The summed E-state index contributed by atoms with van der Waals surface area (Å²) in [6, 6.07) is -0.318. The van der Waals surface area contributed by atoms with Gasteiger partial charge in [0.1, 0.15) is 6.04 Å². The second-order valence-corrected chi connectivity index (χ2v) is 4.77. The first-order valence-electron chi connectivity index (χ1n) is 6.29. The maximum Gasteiger partial charge on any atom is 0.243 e. The summed E-state index contributed by atoms with van der Waals surface area (Å²) in [5.74, 6) is 0.213. The Morgan fingerprint density at radius 2 is 2.06 bits per heavy atom. The number of nitrogens with one attached hydrogen (secondary N) is 2. The number of rotatable bonds is 6. The van der Waals surface area contributed by atoms with Crippen LogP contribution in [0.25, 0.3) is 0 Å². The van der Waals surface area contributed by atoms with Crippen LogP contribution < -0.4 is 10.6 Å². The molecule has 5 nitrogen and oxygen atoms in total. The molecule has 0 radical (unpaired) electrons. The van der Waals surface area contributed by atoms with Crippen LogP contribution in [0.4, 0.5) is 0 Å². The summed E-state index contributed by atoms with van der Waals surface area (Å²) in [5.41, 5.74) is 0. The lowest BCUT2D eigenvalue weighted by Gasteiger charge is -2.29. The van der Waals surface area contributed by atoms with Gasteiger partial charge in [-0.2, -0.15) is 0 Å². The molecule has 1 heterocycles. The fourth-order valence-electron chi connectivity index (χ4n) is 2.18. The van der Waals surface area contributed by atoms with Crippen molar-refractivity contribution in [3.8, 4) is 0 Å². The van der Waals surface area contributed by atoms with Crippen LogP contribution in [0.1, 0.15) is 26.7 Å². The van der Waals surface area contributed by atoms with Crippen molar-refractivity contribution in [2.24, 2.45) is 5.92 Å². The van der Waals surface area contributed by atoms with Gasteiger partial charge in [-0.25, -0.2) is 0 Å². The quantitative estimate of drug-likeness (QED) is 0.691. The standard InChI is InChI=1S/C12H23N3O2.ClH/c1-9(2)11(12(17)14-7-6-13-3)15-8-4-5-10(15)16;/h9,11,13H,4-8H2,1-3H3,(H,14,17);1H. The predicted molar refractivity (Wildman–Crippen MR) is 73.8 cm³/mol. The minimum atomic E-state index is -0.318. The summed E-state index contributed by atoms with van der Waals surface area (Å²) in [5, 5.41) is 5.84. The summed E-state index contributed by atoms with van der Waals surface area (Å²) in [4.78, 5) is 25.5. The number of carbonyl (C=O) groups excluding carboxylic acids is 2. The molecule has 2 amide bonds. The lowest BCUT2D eigenvalue weighted by Crippen LogP contribution is -2.51. The molecule has 6 heteroatoms. The molecule has 1 aliphatic rings. The van der Waals surface area contributed by atoms with Gasteiger partial charge < -0.3 is 15.5 Å². The number of likely N-dealkylation sites (N-methyl/N-ethyl adjacent to an activating group) is 1. The van der Waals surface area contributed by atoms with Crippen molar-refractivity contribution in [2.75, 3.05) is 26.7 Å². The summed E-state index contributed by atoms with van der Waals surface area (Å²) in [6.45, 7) is 6.01. The van der Waals surface area contributed by atoms with Gasteiger partial charge in [0, 0.05) is 26.1 Å². The summed E-state index contributed by atoms with van der Waals surface area (Å²) >= 11 is 0. The summed E-state index contributed by atoms with van der Waals surface area (Å²) < 4.78 is 0. The lowest BCUT2D eigenvalue weighted by molar-refractivity contribution is -0.139. The maximum atomic E-state index is 12.1. The minimum absolute atomic E-state index is 0. The molecule has 0 aliphatic carbocycles. The Balaban J connectivity index is 0.00000289. The molecule has 2 N–H and O–H groups in total. The van der Waals surface area contributed by atoms with Crippen LogP contribution in [0.3, 0.4) is 0 Å². The van der Waals surface area contributed by atoms with Gasteiger partial charge in [-0.15, -0.1) is 12.4 Å². The SMILES string of the molecule is CNCCNC(=O)C(C(C)C)N1CCCC1=O.Cl. The van der Waals surface area contributed by atoms with Gasteiger partial charge in [0.2, 0.25) is 11.8 Å². The van der Waals surface area contributed by atoms with Crippen LogP contribution in [-0.2, 0) is 9.59 Å². The van der Waals surface area contributed by atoms with E-state index in [4.69, 9.17) is 0 Å². The molecule has 1 aliphatic heterocycles. The molecule has 0 aromatic rings. The average Bonchev–Trinajstić information content (AvgIpc) is 2.65. The molecule has 0 aromatic carbocycles.